The van der Waals surface area contributed by atoms with Crippen LogP contribution in [0.1, 0.15) is 26.2 Å². The highest BCUT2D eigenvalue weighted by molar-refractivity contribution is 6.29. The van der Waals surface area contributed by atoms with Gasteiger partial charge in [0.1, 0.15) is 5.15 Å². The zero-order chi connectivity index (χ0) is 10.8. The van der Waals surface area contributed by atoms with E-state index in [9.17, 15) is 0 Å². The number of hydrogen-bond donors (Lipinski definition) is 2. The first kappa shape index (κ1) is 10.6. The predicted molar refractivity (Wildman–Crippen MR) is 64.1 cm³/mol. The van der Waals surface area contributed by atoms with Gasteiger partial charge in [0.15, 0.2) is 5.82 Å². The van der Waals surface area contributed by atoms with Gasteiger partial charge < -0.3 is 11.1 Å². The molecule has 4 heteroatoms. The summed E-state index contributed by atoms with van der Waals surface area (Å²) < 4.78 is 0. The topological polar surface area (TPSA) is 50.9 Å². The molecule has 3 N–H and O–H groups in total. The van der Waals surface area contributed by atoms with Gasteiger partial charge in [0.05, 0.1) is 5.69 Å². The van der Waals surface area contributed by atoms with Crippen molar-refractivity contribution in [1.29, 1.82) is 0 Å². The first-order chi connectivity index (χ1) is 7.15. The first-order valence-corrected chi connectivity index (χ1v) is 5.71. The third kappa shape index (κ3) is 2.99. The van der Waals surface area contributed by atoms with Crippen LogP contribution in [0.4, 0.5) is 11.5 Å². The van der Waals surface area contributed by atoms with E-state index in [2.05, 4.69) is 17.2 Å². The lowest BCUT2D eigenvalue weighted by atomic mass is 10.1. The van der Waals surface area contributed by atoms with E-state index in [-0.39, 0.29) is 0 Å². The van der Waals surface area contributed by atoms with E-state index < -0.39 is 0 Å². The van der Waals surface area contributed by atoms with Crippen LogP contribution < -0.4 is 11.1 Å². The van der Waals surface area contributed by atoms with Gasteiger partial charge in [-0.25, -0.2) is 4.98 Å². The van der Waals surface area contributed by atoms with E-state index in [1.54, 1.807) is 12.1 Å². The van der Waals surface area contributed by atoms with Crippen LogP contribution in [0.25, 0.3) is 0 Å². The van der Waals surface area contributed by atoms with Crippen LogP contribution in [0.2, 0.25) is 5.15 Å². The summed E-state index contributed by atoms with van der Waals surface area (Å²) in [6, 6.07) is 3.89. The highest BCUT2D eigenvalue weighted by Crippen LogP contribution is 2.34. The van der Waals surface area contributed by atoms with Crippen LogP contribution >= 0.6 is 11.6 Å². The molecule has 2 rings (SSSR count). The van der Waals surface area contributed by atoms with Crippen molar-refractivity contribution >= 4 is 23.1 Å². The van der Waals surface area contributed by atoms with Gasteiger partial charge in [-0.15, -0.1) is 0 Å². The summed E-state index contributed by atoms with van der Waals surface area (Å²) in [5.74, 6) is 1.60. The number of pyridine rings is 1. The molecule has 0 amide bonds. The molecule has 1 saturated carbocycles. The van der Waals surface area contributed by atoms with Gasteiger partial charge in [-0.2, -0.15) is 0 Å². The number of nitrogen functional groups attached to an aromatic ring is 1. The molecule has 0 bridgehead atoms. The summed E-state index contributed by atoms with van der Waals surface area (Å²) >= 11 is 5.81. The number of halogens is 1. The Morgan fingerprint density at radius 3 is 3.00 bits per heavy atom. The Morgan fingerprint density at radius 1 is 1.60 bits per heavy atom. The van der Waals surface area contributed by atoms with Crippen LogP contribution in [0.3, 0.4) is 0 Å². The third-order valence-corrected chi connectivity index (χ3v) is 2.87. The lowest BCUT2D eigenvalue weighted by molar-refractivity contribution is 0.640. The smallest absolute Gasteiger partial charge is 0.151 e. The number of rotatable bonds is 4. The van der Waals surface area contributed by atoms with Crippen molar-refractivity contribution in [1.82, 2.24) is 4.98 Å². The Bertz CT molecular complexity index is 350. The number of anilines is 2. The zero-order valence-corrected chi connectivity index (χ0v) is 9.59. The van der Waals surface area contributed by atoms with Gasteiger partial charge >= 0.3 is 0 Å². The summed E-state index contributed by atoms with van der Waals surface area (Å²) in [7, 11) is 0. The highest BCUT2D eigenvalue weighted by atomic mass is 35.5. The van der Waals surface area contributed by atoms with Crippen LogP contribution in [-0.2, 0) is 0 Å². The normalized spacial score (nSPS) is 17.5. The van der Waals surface area contributed by atoms with Crippen molar-refractivity contribution in [2.45, 2.75) is 32.2 Å². The number of nitrogens with one attached hydrogen (secondary N) is 1. The zero-order valence-electron chi connectivity index (χ0n) is 8.83. The van der Waals surface area contributed by atoms with E-state index in [1.807, 2.05) is 0 Å². The molecule has 1 unspecified atom stereocenters. The van der Waals surface area contributed by atoms with Gasteiger partial charge in [0, 0.05) is 6.04 Å². The van der Waals surface area contributed by atoms with Crippen LogP contribution in [-0.4, -0.2) is 11.0 Å². The fourth-order valence-electron chi connectivity index (χ4n) is 1.71. The molecule has 0 aromatic carbocycles. The fourth-order valence-corrected chi connectivity index (χ4v) is 1.86. The summed E-state index contributed by atoms with van der Waals surface area (Å²) in [4.78, 5) is 4.17. The number of hydrogen-bond acceptors (Lipinski definition) is 3. The van der Waals surface area contributed by atoms with Crippen LogP contribution in [0.5, 0.6) is 0 Å². The summed E-state index contributed by atoms with van der Waals surface area (Å²) in [6.07, 6.45) is 3.92. The Balaban J connectivity index is 1.98. The predicted octanol–water partition coefficient (Wildman–Crippen LogP) is 2.92. The summed E-state index contributed by atoms with van der Waals surface area (Å²) in [5, 5.41) is 3.78. The maximum Gasteiger partial charge on any atom is 0.151 e. The molecule has 15 heavy (non-hydrogen) atoms. The lowest BCUT2D eigenvalue weighted by Gasteiger charge is -2.15. The summed E-state index contributed by atoms with van der Waals surface area (Å²) in [6.45, 7) is 2.15. The molecule has 0 aliphatic heterocycles. The molecule has 3 nitrogen and oxygen atoms in total. The average molecular weight is 226 g/mol. The molecule has 1 aliphatic rings. The van der Waals surface area contributed by atoms with E-state index >= 15 is 0 Å². The summed E-state index contributed by atoms with van der Waals surface area (Å²) in [5.41, 5.74) is 6.46. The maximum atomic E-state index is 5.81. The number of aromatic nitrogens is 1. The van der Waals surface area contributed by atoms with Crippen molar-refractivity contribution in [3.63, 3.8) is 0 Å². The fraction of sp³-hybridized carbons (Fsp3) is 0.545. The standard InChI is InChI=1S/C11H16ClN3/c1-7(6-8-2-3-8)14-11-9(13)4-5-10(12)15-11/h4-5,7-8H,2-3,6,13H2,1H3,(H,14,15). The third-order valence-electron chi connectivity index (χ3n) is 2.66. The van der Waals surface area contributed by atoms with Gasteiger partial charge in [-0.1, -0.05) is 24.4 Å². The minimum atomic E-state index is 0.408. The monoisotopic (exact) mass is 225 g/mol. The van der Waals surface area contributed by atoms with Crippen molar-refractivity contribution in [2.24, 2.45) is 5.92 Å². The van der Waals surface area contributed by atoms with Crippen molar-refractivity contribution in [3.8, 4) is 0 Å². The van der Waals surface area contributed by atoms with Gasteiger partial charge in [-0.3, -0.25) is 0 Å². The largest absolute Gasteiger partial charge is 0.396 e. The van der Waals surface area contributed by atoms with E-state index in [1.165, 1.54) is 19.3 Å². The van der Waals surface area contributed by atoms with Crippen LogP contribution in [0, 0.1) is 5.92 Å². The second-order valence-electron chi connectivity index (χ2n) is 4.30. The maximum absolute atomic E-state index is 5.81. The molecular formula is C11H16ClN3. The molecule has 1 fully saturated rings. The molecule has 0 saturated heterocycles. The quantitative estimate of drug-likeness (QED) is 0.775. The Morgan fingerprint density at radius 2 is 2.33 bits per heavy atom. The minimum absolute atomic E-state index is 0.408. The van der Waals surface area contributed by atoms with Gasteiger partial charge in [0.25, 0.3) is 0 Å². The molecule has 0 spiro atoms. The van der Waals surface area contributed by atoms with E-state index in [0.29, 0.717) is 22.7 Å². The SMILES string of the molecule is CC(CC1CC1)Nc1nc(Cl)ccc1N. The molecule has 1 heterocycles. The molecular weight excluding hydrogens is 210 g/mol. The van der Waals surface area contributed by atoms with E-state index in [4.69, 9.17) is 17.3 Å². The Labute approximate surface area is 95.0 Å². The minimum Gasteiger partial charge on any atom is -0.396 e. The Hall–Kier alpha value is -0.960. The molecule has 1 aliphatic carbocycles. The molecule has 1 aromatic heterocycles. The number of nitrogens with two attached hydrogens (primary N) is 1. The molecule has 1 atom stereocenters. The van der Waals surface area contributed by atoms with Gasteiger partial charge in [0.2, 0.25) is 0 Å². The van der Waals surface area contributed by atoms with Crippen LogP contribution in [0.15, 0.2) is 12.1 Å². The van der Waals surface area contributed by atoms with Crippen molar-refractivity contribution in [3.05, 3.63) is 17.3 Å². The second kappa shape index (κ2) is 4.27. The van der Waals surface area contributed by atoms with Crippen molar-refractivity contribution in [2.75, 3.05) is 11.1 Å². The van der Waals surface area contributed by atoms with Gasteiger partial charge in [-0.05, 0) is 31.4 Å². The number of nitrogens with zero attached hydrogens (tertiary/aromatic N) is 1. The molecule has 1 aromatic rings. The van der Waals surface area contributed by atoms with E-state index in [0.717, 1.165) is 5.92 Å². The first-order valence-electron chi connectivity index (χ1n) is 5.33. The molecule has 82 valence electrons. The second-order valence-corrected chi connectivity index (χ2v) is 4.68. The molecule has 0 radical (unpaired) electrons. The lowest BCUT2D eigenvalue weighted by Crippen LogP contribution is -2.17. The Kier molecular flexibility index (Phi) is 3.00. The average Bonchev–Trinajstić information content (AvgIpc) is 2.95. The van der Waals surface area contributed by atoms with Crippen molar-refractivity contribution < 1.29 is 0 Å². The highest BCUT2D eigenvalue weighted by Gasteiger charge is 2.23.